The molecule has 1 amide bonds. The highest BCUT2D eigenvalue weighted by Gasteiger charge is 2.18. The van der Waals surface area contributed by atoms with Gasteiger partial charge in [0.1, 0.15) is 6.54 Å². The van der Waals surface area contributed by atoms with Gasteiger partial charge in [-0.2, -0.15) is 0 Å². The molecule has 4 rings (SSSR count). The normalized spacial score (nSPS) is 15.2. The molecule has 1 aliphatic rings. The number of likely N-dealkylation sites (tertiary alicyclic amines) is 1. The van der Waals surface area contributed by atoms with Crippen molar-refractivity contribution in [2.24, 2.45) is 7.05 Å². The molecule has 2 N–H and O–H groups in total. The molecule has 0 bridgehead atoms. The number of hydrogen-bond acceptors (Lipinski definition) is 2. The number of halogens is 1. The summed E-state index contributed by atoms with van der Waals surface area (Å²) >= 11 is 5.88. The van der Waals surface area contributed by atoms with Gasteiger partial charge in [-0.15, -0.1) is 0 Å². The third-order valence-corrected chi connectivity index (χ3v) is 5.56. The summed E-state index contributed by atoms with van der Waals surface area (Å²) in [6, 6.07) is 12.8. The van der Waals surface area contributed by atoms with Crippen molar-refractivity contribution in [1.29, 1.82) is 0 Å². The van der Waals surface area contributed by atoms with Gasteiger partial charge in [-0.3, -0.25) is 4.79 Å². The Morgan fingerprint density at radius 2 is 1.89 bits per heavy atom. The van der Waals surface area contributed by atoms with E-state index in [0.717, 1.165) is 29.1 Å². The molecule has 0 aliphatic carbocycles. The highest BCUT2D eigenvalue weighted by atomic mass is 35.5. The van der Waals surface area contributed by atoms with Crippen LogP contribution in [-0.4, -0.2) is 28.5 Å². The highest BCUT2D eigenvalue weighted by Crippen LogP contribution is 2.20. The lowest BCUT2D eigenvalue weighted by atomic mass is 10.1. The van der Waals surface area contributed by atoms with E-state index in [1.165, 1.54) is 32.4 Å². The van der Waals surface area contributed by atoms with Crippen LogP contribution in [0.2, 0.25) is 5.02 Å². The van der Waals surface area contributed by atoms with Gasteiger partial charge in [-0.05, 0) is 61.7 Å². The molecule has 0 atom stereocenters. The van der Waals surface area contributed by atoms with E-state index >= 15 is 0 Å². The maximum atomic E-state index is 12.4. The van der Waals surface area contributed by atoms with Crippen LogP contribution >= 0.6 is 11.6 Å². The Morgan fingerprint density at radius 1 is 1.15 bits per heavy atom. The smallest absolute Gasteiger partial charge is 0.255 e. The molecule has 1 aliphatic heterocycles. The van der Waals surface area contributed by atoms with Crippen molar-refractivity contribution >= 4 is 34.2 Å². The van der Waals surface area contributed by atoms with Gasteiger partial charge in [0.25, 0.3) is 5.91 Å². The number of rotatable bonds is 4. The second-order valence-electron chi connectivity index (χ2n) is 7.24. The Hall–Kier alpha value is -2.37. The summed E-state index contributed by atoms with van der Waals surface area (Å²) in [5.41, 5.74) is 3.33. The number of piperidine rings is 1. The van der Waals surface area contributed by atoms with Crippen molar-refractivity contribution in [1.82, 2.24) is 9.55 Å². The number of nitrogens with zero attached hydrogens (tertiary/aromatic N) is 2. The average molecular weight is 384 g/mol. The van der Waals surface area contributed by atoms with Gasteiger partial charge in [-0.1, -0.05) is 11.6 Å². The molecular formula is C21H24ClN4O+. The topological polar surface area (TPSA) is 51.4 Å². The van der Waals surface area contributed by atoms with Crippen LogP contribution in [-0.2, 0) is 13.6 Å². The van der Waals surface area contributed by atoms with Crippen molar-refractivity contribution in [3.05, 3.63) is 58.9 Å². The number of carbonyl (C=O) groups excluding carboxylic acids is 1. The zero-order chi connectivity index (χ0) is 18.8. The van der Waals surface area contributed by atoms with Gasteiger partial charge in [0, 0.05) is 23.3 Å². The number of quaternary nitrogens is 1. The first-order chi connectivity index (χ1) is 13.1. The third-order valence-electron chi connectivity index (χ3n) is 5.31. The lowest BCUT2D eigenvalue weighted by molar-refractivity contribution is -0.919. The highest BCUT2D eigenvalue weighted by molar-refractivity contribution is 6.30. The van der Waals surface area contributed by atoms with Gasteiger partial charge >= 0.3 is 0 Å². The molecule has 27 heavy (non-hydrogen) atoms. The minimum Gasteiger partial charge on any atom is -0.329 e. The number of nitrogens with one attached hydrogen (secondary N) is 2. The summed E-state index contributed by atoms with van der Waals surface area (Å²) in [6.45, 7) is 3.41. The molecule has 5 nitrogen and oxygen atoms in total. The number of fused-ring (bicyclic) bond motifs is 1. The molecule has 2 aromatic carbocycles. The largest absolute Gasteiger partial charge is 0.329 e. The SMILES string of the molecule is Cn1c(C[NH+]2CCCCC2)nc2cc(NC(=O)c3ccc(Cl)cc3)ccc21. The summed E-state index contributed by atoms with van der Waals surface area (Å²) in [7, 11) is 2.07. The fourth-order valence-corrected chi connectivity index (χ4v) is 3.87. The number of hydrogen-bond donors (Lipinski definition) is 2. The van der Waals surface area contributed by atoms with Gasteiger partial charge in [-0.25, -0.2) is 4.98 Å². The molecule has 3 aromatic rings. The van der Waals surface area contributed by atoms with E-state index in [4.69, 9.17) is 16.6 Å². The standard InChI is InChI=1S/C21H23ClN4O/c1-25-19-10-9-17(23-21(27)15-5-7-16(22)8-6-15)13-18(19)24-20(25)14-26-11-3-2-4-12-26/h5-10,13H,2-4,11-12,14H2,1H3,(H,23,27)/p+1. The van der Waals surface area contributed by atoms with Crippen LogP contribution in [0.1, 0.15) is 35.4 Å². The number of anilines is 1. The Balaban J connectivity index is 1.53. The fourth-order valence-electron chi connectivity index (χ4n) is 3.74. The molecule has 1 saturated heterocycles. The molecule has 2 heterocycles. The number of carbonyl (C=O) groups is 1. The van der Waals surface area contributed by atoms with Crippen LogP contribution in [0.15, 0.2) is 42.5 Å². The molecule has 6 heteroatoms. The van der Waals surface area contributed by atoms with Crippen LogP contribution in [0.4, 0.5) is 5.69 Å². The predicted octanol–water partition coefficient (Wildman–Crippen LogP) is 3.05. The van der Waals surface area contributed by atoms with Crippen molar-refractivity contribution < 1.29 is 9.69 Å². The minimum atomic E-state index is -0.153. The van der Waals surface area contributed by atoms with Gasteiger partial charge in [0.2, 0.25) is 0 Å². The Morgan fingerprint density at radius 3 is 2.63 bits per heavy atom. The summed E-state index contributed by atoms with van der Waals surface area (Å²) in [4.78, 5) is 18.9. The maximum Gasteiger partial charge on any atom is 0.255 e. The van der Waals surface area contributed by atoms with E-state index in [-0.39, 0.29) is 5.91 Å². The predicted molar refractivity (Wildman–Crippen MR) is 108 cm³/mol. The van der Waals surface area contributed by atoms with Crippen molar-refractivity contribution in [2.75, 3.05) is 18.4 Å². The van der Waals surface area contributed by atoms with E-state index < -0.39 is 0 Å². The second kappa shape index (κ2) is 7.71. The number of aromatic nitrogens is 2. The lowest BCUT2D eigenvalue weighted by Crippen LogP contribution is -3.11. The lowest BCUT2D eigenvalue weighted by Gasteiger charge is -2.23. The molecule has 140 valence electrons. The second-order valence-corrected chi connectivity index (χ2v) is 7.68. The van der Waals surface area contributed by atoms with Crippen LogP contribution < -0.4 is 10.2 Å². The Bertz CT molecular complexity index is 958. The minimum absolute atomic E-state index is 0.153. The molecule has 0 radical (unpaired) electrons. The maximum absolute atomic E-state index is 12.4. The Labute approximate surface area is 163 Å². The Kier molecular flexibility index (Phi) is 5.14. The number of imidazole rings is 1. The zero-order valence-corrected chi connectivity index (χ0v) is 16.2. The van der Waals surface area contributed by atoms with E-state index in [2.05, 4.69) is 16.9 Å². The summed E-state index contributed by atoms with van der Waals surface area (Å²) in [6.07, 6.45) is 3.96. The average Bonchev–Trinajstić information content (AvgIpc) is 2.98. The monoisotopic (exact) mass is 383 g/mol. The van der Waals surface area contributed by atoms with Crippen LogP contribution in [0, 0.1) is 0 Å². The van der Waals surface area contributed by atoms with E-state index in [0.29, 0.717) is 10.6 Å². The van der Waals surface area contributed by atoms with Crippen molar-refractivity contribution in [3.63, 3.8) is 0 Å². The van der Waals surface area contributed by atoms with Gasteiger partial charge < -0.3 is 14.8 Å². The van der Waals surface area contributed by atoms with Crippen LogP contribution in [0.3, 0.4) is 0 Å². The van der Waals surface area contributed by atoms with Crippen LogP contribution in [0.25, 0.3) is 11.0 Å². The first-order valence-corrected chi connectivity index (χ1v) is 9.84. The number of benzene rings is 2. The van der Waals surface area contributed by atoms with Gasteiger partial charge in [0.05, 0.1) is 24.1 Å². The summed E-state index contributed by atoms with van der Waals surface area (Å²) < 4.78 is 2.17. The molecule has 0 unspecified atom stereocenters. The number of amides is 1. The van der Waals surface area contributed by atoms with E-state index in [1.807, 2.05) is 18.2 Å². The third kappa shape index (κ3) is 3.99. The first-order valence-electron chi connectivity index (χ1n) is 9.46. The first kappa shape index (κ1) is 18.0. The zero-order valence-electron chi connectivity index (χ0n) is 15.5. The van der Waals surface area contributed by atoms with Crippen molar-refractivity contribution in [2.45, 2.75) is 25.8 Å². The number of aryl methyl sites for hydroxylation is 1. The molecule has 0 spiro atoms. The quantitative estimate of drug-likeness (QED) is 0.727. The summed E-state index contributed by atoms with van der Waals surface area (Å²) in [5.74, 6) is 0.947. The van der Waals surface area contributed by atoms with E-state index in [1.54, 1.807) is 29.2 Å². The summed E-state index contributed by atoms with van der Waals surface area (Å²) in [5, 5.41) is 3.56. The van der Waals surface area contributed by atoms with E-state index in [9.17, 15) is 4.79 Å². The molecule has 1 aromatic heterocycles. The molecule has 1 fully saturated rings. The van der Waals surface area contributed by atoms with Crippen LogP contribution in [0.5, 0.6) is 0 Å². The molecule has 0 saturated carbocycles. The fraction of sp³-hybridized carbons (Fsp3) is 0.333. The van der Waals surface area contributed by atoms with Crippen molar-refractivity contribution in [3.8, 4) is 0 Å². The van der Waals surface area contributed by atoms with Gasteiger partial charge in [0.15, 0.2) is 5.82 Å². The molecular weight excluding hydrogens is 360 g/mol.